The summed E-state index contributed by atoms with van der Waals surface area (Å²) >= 11 is 0. The first-order valence-corrected chi connectivity index (χ1v) is 11.6. The van der Waals surface area contributed by atoms with E-state index >= 15 is 0 Å². The fourth-order valence-electron chi connectivity index (χ4n) is 3.31. The van der Waals surface area contributed by atoms with Gasteiger partial charge in [-0.15, -0.1) is 0 Å². The molecule has 8 heteroatoms. The molecule has 32 heavy (non-hydrogen) atoms. The Bertz CT molecular complexity index is 850. The van der Waals surface area contributed by atoms with Gasteiger partial charge < -0.3 is 24.8 Å². The van der Waals surface area contributed by atoms with Gasteiger partial charge in [-0.3, -0.25) is 10.1 Å². The van der Waals surface area contributed by atoms with Crippen LogP contribution in [0.1, 0.15) is 44.4 Å². The Kier molecular flexibility index (Phi) is 9.68. The van der Waals surface area contributed by atoms with Crippen LogP contribution in [-0.4, -0.2) is 55.7 Å². The minimum Gasteiger partial charge on any atom is -0.490 e. The van der Waals surface area contributed by atoms with Crippen molar-refractivity contribution < 1.29 is 14.2 Å². The van der Waals surface area contributed by atoms with Gasteiger partial charge >= 0.3 is 0 Å². The molecule has 0 bridgehead atoms. The predicted molar refractivity (Wildman–Crippen MR) is 128 cm³/mol. The summed E-state index contributed by atoms with van der Waals surface area (Å²) in [4.78, 5) is 4.78. The molecule has 0 atom stereocenters. The standard InChI is InChI=1S/C24H37N5O3/c1-18(2)17-30-12-5-11-26-24(25-10-4-7-20-16-27-29-19(20)3)28-21-8-9-22-23(15-21)32-14-6-13-31-22/h8-9,15-16,18H,4-7,10-14,17H2,1-3H3,(H,27,29)(H2,25,26,28). The largest absolute Gasteiger partial charge is 0.490 e. The summed E-state index contributed by atoms with van der Waals surface area (Å²) in [6.07, 6.45) is 5.60. The Morgan fingerprint density at radius 1 is 1.22 bits per heavy atom. The number of nitrogens with zero attached hydrogens (tertiary/aromatic N) is 2. The highest BCUT2D eigenvalue weighted by Crippen LogP contribution is 2.32. The van der Waals surface area contributed by atoms with Gasteiger partial charge in [0.05, 0.1) is 19.4 Å². The maximum Gasteiger partial charge on any atom is 0.195 e. The summed E-state index contributed by atoms with van der Waals surface area (Å²) < 4.78 is 17.2. The Morgan fingerprint density at radius 3 is 2.84 bits per heavy atom. The van der Waals surface area contributed by atoms with Gasteiger partial charge in [-0.2, -0.15) is 5.10 Å². The lowest BCUT2D eigenvalue weighted by molar-refractivity contribution is 0.108. The highest BCUT2D eigenvalue weighted by Gasteiger charge is 2.11. The molecule has 0 amide bonds. The van der Waals surface area contributed by atoms with Gasteiger partial charge in [-0.05, 0) is 49.8 Å². The van der Waals surface area contributed by atoms with Crippen LogP contribution in [0.5, 0.6) is 11.5 Å². The maximum absolute atomic E-state index is 5.82. The van der Waals surface area contributed by atoms with E-state index < -0.39 is 0 Å². The van der Waals surface area contributed by atoms with Crippen LogP contribution in [0.25, 0.3) is 0 Å². The van der Waals surface area contributed by atoms with Crippen molar-refractivity contribution in [2.45, 2.75) is 46.5 Å². The second kappa shape index (κ2) is 13.0. The van der Waals surface area contributed by atoms with Gasteiger partial charge in [0.25, 0.3) is 0 Å². The third-order valence-electron chi connectivity index (χ3n) is 5.03. The highest BCUT2D eigenvalue weighted by atomic mass is 16.5. The van der Waals surface area contributed by atoms with Crippen LogP contribution < -0.4 is 20.1 Å². The molecule has 0 fully saturated rings. The number of benzene rings is 1. The van der Waals surface area contributed by atoms with Gasteiger partial charge in [0, 0.05) is 50.2 Å². The van der Waals surface area contributed by atoms with Crippen molar-refractivity contribution in [1.29, 1.82) is 0 Å². The molecular weight excluding hydrogens is 406 g/mol. The Morgan fingerprint density at radius 2 is 2.06 bits per heavy atom. The monoisotopic (exact) mass is 443 g/mol. The van der Waals surface area contributed by atoms with Crippen molar-refractivity contribution >= 4 is 11.6 Å². The average molecular weight is 444 g/mol. The maximum atomic E-state index is 5.82. The van der Waals surface area contributed by atoms with Gasteiger partial charge in [-0.1, -0.05) is 13.8 Å². The number of anilines is 1. The van der Waals surface area contributed by atoms with Crippen molar-refractivity contribution in [3.63, 3.8) is 0 Å². The number of ether oxygens (including phenoxy) is 3. The molecule has 1 aliphatic rings. The van der Waals surface area contributed by atoms with E-state index in [1.807, 2.05) is 31.3 Å². The number of aromatic amines is 1. The predicted octanol–water partition coefficient (Wildman–Crippen LogP) is 3.93. The third kappa shape index (κ3) is 8.07. The number of guanidine groups is 1. The second-order valence-electron chi connectivity index (χ2n) is 8.44. The number of hydrogen-bond acceptors (Lipinski definition) is 5. The number of H-pyrrole nitrogens is 1. The topological polar surface area (TPSA) is 92.8 Å². The Labute approximate surface area is 191 Å². The number of aromatic nitrogens is 2. The number of rotatable bonds is 11. The van der Waals surface area contributed by atoms with E-state index in [9.17, 15) is 0 Å². The molecular formula is C24H37N5O3. The van der Waals surface area contributed by atoms with Gasteiger partial charge in [0.1, 0.15) is 0 Å². The molecule has 3 N–H and O–H groups in total. The number of aryl methyl sites for hydroxylation is 2. The molecule has 3 rings (SSSR count). The molecule has 2 heterocycles. The van der Waals surface area contributed by atoms with E-state index in [4.69, 9.17) is 19.2 Å². The van der Waals surface area contributed by atoms with Crippen LogP contribution >= 0.6 is 0 Å². The van der Waals surface area contributed by atoms with Gasteiger partial charge in [-0.25, -0.2) is 0 Å². The lowest BCUT2D eigenvalue weighted by Crippen LogP contribution is -2.32. The zero-order valence-electron chi connectivity index (χ0n) is 19.6. The molecule has 2 aromatic rings. The van der Waals surface area contributed by atoms with Crippen molar-refractivity contribution in [2.24, 2.45) is 10.9 Å². The molecule has 0 radical (unpaired) electrons. The number of nitrogens with one attached hydrogen (secondary N) is 3. The Hall–Kier alpha value is -2.74. The fourth-order valence-corrected chi connectivity index (χ4v) is 3.31. The van der Waals surface area contributed by atoms with Crippen LogP contribution in [0.3, 0.4) is 0 Å². The molecule has 176 valence electrons. The molecule has 0 saturated heterocycles. The van der Waals surface area contributed by atoms with Crippen molar-refractivity contribution in [3.8, 4) is 11.5 Å². The van der Waals surface area contributed by atoms with Gasteiger partial charge in [0.15, 0.2) is 17.5 Å². The van der Waals surface area contributed by atoms with Crippen molar-refractivity contribution in [2.75, 3.05) is 44.8 Å². The van der Waals surface area contributed by atoms with Crippen LogP contribution in [0.15, 0.2) is 29.4 Å². The molecule has 0 unspecified atom stereocenters. The summed E-state index contributed by atoms with van der Waals surface area (Å²) in [7, 11) is 0. The molecule has 0 spiro atoms. The highest BCUT2D eigenvalue weighted by molar-refractivity contribution is 5.93. The smallest absolute Gasteiger partial charge is 0.195 e. The van der Waals surface area contributed by atoms with Crippen LogP contribution in [-0.2, 0) is 11.2 Å². The first-order chi connectivity index (χ1) is 15.6. The molecule has 1 aromatic heterocycles. The number of aliphatic imine (C=N–C) groups is 1. The molecule has 8 nitrogen and oxygen atoms in total. The second-order valence-corrected chi connectivity index (χ2v) is 8.44. The van der Waals surface area contributed by atoms with E-state index in [0.717, 1.165) is 74.3 Å². The molecule has 1 aromatic carbocycles. The first-order valence-electron chi connectivity index (χ1n) is 11.6. The van der Waals surface area contributed by atoms with Crippen LogP contribution in [0.4, 0.5) is 5.69 Å². The van der Waals surface area contributed by atoms with Crippen molar-refractivity contribution in [1.82, 2.24) is 15.5 Å². The SMILES string of the molecule is Cc1[nH]ncc1CCCN=C(NCCCOCC(C)C)Nc1ccc2c(c1)OCCCO2. The van der Waals surface area contributed by atoms with E-state index in [1.165, 1.54) is 5.56 Å². The van der Waals surface area contributed by atoms with E-state index in [-0.39, 0.29) is 0 Å². The summed E-state index contributed by atoms with van der Waals surface area (Å²) in [6.45, 7) is 10.8. The molecule has 0 saturated carbocycles. The summed E-state index contributed by atoms with van der Waals surface area (Å²) in [5.41, 5.74) is 3.29. The van der Waals surface area contributed by atoms with Crippen LogP contribution in [0, 0.1) is 12.8 Å². The zero-order chi connectivity index (χ0) is 22.6. The van der Waals surface area contributed by atoms with E-state index in [0.29, 0.717) is 25.7 Å². The summed E-state index contributed by atoms with van der Waals surface area (Å²) in [6, 6.07) is 5.91. The van der Waals surface area contributed by atoms with E-state index in [2.05, 4.69) is 34.7 Å². The minimum atomic E-state index is 0.556. The molecule has 0 aliphatic carbocycles. The van der Waals surface area contributed by atoms with E-state index in [1.54, 1.807) is 0 Å². The minimum absolute atomic E-state index is 0.556. The van der Waals surface area contributed by atoms with Crippen molar-refractivity contribution in [3.05, 3.63) is 35.7 Å². The normalized spacial score (nSPS) is 13.8. The van der Waals surface area contributed by atoms with Crippen LogP contribution in [0.2, 0.25) is 0 Å². The third-order valence-corrected chi connectivity index (χ3v) is 5.03. The fraction of sp³-hybridized carbons (Fsp3) is 0.583. The lowest BCUT2D eigenvalue weighted by Gasteiger charge is -2.15. The summed E-state index contributed by atoms with van der Waals surface area (Å²) in [5, 5.41) is 13.9. The Balaban J connectivity index is 1.55. The zero-order valence-corrected chi connectivity index (χ0v) is 19.6. The van der Waals surface area contributed by atoms with Gasteiger partial charge in [0.2, 0.25) is 0 Å². The number of hydrogen-bond donors (Lipinski definition) is 3. The number of fused-ring (bicyclic) bond motifs is 1. The molecule has 1 aliphatic heterocycles. The average Bonchev–Trinajstić information content (AvgIpc) is 3.04. The lowest BCUT2D eigenvalue weighted by atomic mass is 10.1. The quantitative estimate of drug-likeness (QED) is 0.277. The summed E-state index contributed by atoms with van der Waals surface area (Å²) in [5.74, 6) is 2.87. The first kappa shape index (κ1) is 23.9.